The highest BCUT2D eigenvalue weighted by Crippen LogP contribution is 2.52. The monoisotopic (exact) mass is 637 g/mol. The van der Waals surface area contributed by atoms with Gasteiger partial charge in [-0.15, -0.1) is 0 Å². The quantitative estimate of drug-likeness (QED) is 0.174. The molecule has 0 unspecified atom stereocenters. The SMILES string of the molecule is CC1(C)c2ccccc2-c2ccc3c(ccc4ccc5cc(N(c6ccc(-c7ccccc7)cc6)c6ccc7ccccc7c6)ccc5c43)c21. The van der Waals surface area contributed by atoms with E-state index in [0.29, 0.717) is 0 Å². The summed E-state index contributed by atoms with van der Waals surface area (Å²) in [5.41, 5.74) is 11.4. The van der Waals surface area contributed by atoms with E-state index in [1.54, 1.807) is 0 Å². The number of hydrogen-bond donors (Lipinski definition) is 0. The van der Waals surface area contributed by atoms with Crippen molar-refractivity contribution in [2.24, 2.45) is 0 Å². The summed E-state index contributed by atoms with van der Waals surface area (Å²) < 4.78 is 0. The summed E-state index contributed by atoms with van der Waals surface area (Å²) in [6.45, 7) is 4.76. The van der Waals surface area contributed by atoms with Crippen LogP contribution in [0.5, 0.6) is 0 Å². The standard InChI is InChI=1S/C49H35N/c1-49(2)46-15-9-8-14-42(46)44-29-28-43-45(48(44)49)26-21-35-16-17-37-31-40(25-27-41(37)47(35)43)50(39-24-20-33-12-6-7-13-36(33)30-39)38-22-18-34(19-23-38)32-10-4-3-5-11-32/h3-31H,1-2H3. The van der Waals surface area contributed by atoms with Crippen molar-refractivity contribution in [3.8, 4) is 22.3 Å². The third kappa shape index (κ3) is 4.33. The van der Waals surface area contributed by atoms with Crippen molar-refractivity contribution in [3.63, 3.8) is 0 Å². The highest BCUT2D eigenvalue weighted by Gasteiger charge is 2.36. The minimum absolute atomic E-state index is 0.0622. The Labute approximate surface area is 292 Å². The molecule has 0 saturated heterocycles. The van der Waals surface area contributed by atoms with Gasteiger partial charge in [0.25, 0.3) is 0 Å². The summed E-state index contributed by atoms with van der Waals surface area (Å²) in [7, 11) is 0. The van der Waals surface area contributed by atoms with Crippen LogP contribution in [0.4, 0.5) is 17.1 Å². The second-order valence-electron chi connectivity index (χ2n) is 14.2. The summed E-state index contributed by atoms with van der Waals surface area (Å²) in [5, 5.41) is 10.3. The zero-order valence-electron chi connectivity index (χ0n) is 28.2. The molecule has 0 atom stereocenters. The molecule has 0 spiro atoms. The van der Waals surface area contributed by atoms with E-state index < -0.39 is 0 Å². The molecule has 9 aromatic carbocycles. The third-order valence-electron chi connectivity index (χ3n) is 11.0. The van der Waals surface area contributed by atoms with Gasteiger partial charge >= 0.3 is 0 Å². The first kappa shape index (κ1) is 28.8. The van der Waals surface area contributed by atoms with E-state index in [-0.39, 0.29) is 5.41 Å². The molecular formula is C49H35N. The van der Waals surface area contributed by atoms with Crippen molar-refractivity contribution in [2.75, 3.05) is 4.90 Å². The number of nitrogens with zero attached hydrogens (tertiary/aromatic N) is 1. The van der Waals surface area contributed by atoms with Crippen LogP contribution in [0, 0.1) is 0 Å². The Kier molecular flexibility index (Phi) is 6.29. The molecule has 0 amide bonds. The average molecular weight is 638 g/mol. The lowest BCUT2D eigenvalue weighted by atomic mass is 9.79. The third-order valence-corrected chi connectivity index (χ3v) is 11.0. The molecule has 1 aliphatic carbocycles. The van der Waals surface area contributed by atoms with Gasteiger partial charge in [-0.3, -0.25) is 0 Å². The number of benzene rings is 9. The normalized spacial score (nSPS) is 13.2. The smallest absolute Gasteiger partial charge is 0.0468 e. The van der Waals surface area contributed by atoms with Gasteiger partial charge in [-0.1, -0.05) is 153 Å². The Balaban J connectivity index is 1.16. The Bertz CT molecular complexity index is 2770. The molecule has 236 valence electrons. The number of anilines is 3. The molecule has 1 heteroatoms. The minimum atomic E-state index is -0.0622. The molecule has 0 N–H and O–H groups in total. The minimum Gasteiger partial charge on any atom is -0.310 e. The van der Waals surface area contributed by atoms with E-state index in [4.69, 9.17) is 0 Å². The van der Waals surface area contributed by atoms with E-state index in [9.17, 15) is 0 Å². The van der Waals surface area contributed by atoms with Crippen LogP contribution in [0.3, 0.4) is 0 Å². The van der Waals surface area contributed by atoms with Gasteiger partial charge < -0.3 is 4.90 Å². The summed E-state index contributed by atoms with van der Waals surface area (Å²) in [6.07, 6.45) is 0. The van der Waals surface area contributed by atoms with Crippen LogP contribution in [0.2, 0.25) is 0 Å². The van der Waals surface area contributed by atoms with Gasteiger partial charge in [-0.25, -0.2) is 0 Å². The lowest BCUT2D eigenvalue weighted by Gasteiger charge is -2.27. The first-order chi connectivity index (χ1) is 24.5. The van der Waals surface area contributed by atoms with Crippen molar-refractivity contribution >= 4 is 60.2 Å². The predicted molar refractivity (Wildman–Crippen MR) is 214 cm³/mol. The fraction of sp³-hybridized carbons (Fsp3) is 0.0612. The summed E-state index contributed by atoms with van der Waals surface area (Å²) >= 11 is 0. The number of rotatable bonds is 4. The van der Waals surface area contributed by atoms with Gasteiger partial charge in [0, 0.05) is 22.5 Å². The van der Waals surface area contributed by atoms with Crippen LogP contribution in [0.15, 0.2) is 176 Å². The fourth-order valence-electron chi connectivity index (χ4n) is 8.59. The Morgan fingerprint density at radius 2 is 0.960 bits per heavy atom. The summed E-state index contributed by atoms with van der Waals surface area (Å²) in [6, 6.07) is 64.8. The second-order valence-corrected chi connectivity index (χ2v) is 14.2. The van der Waals surface area contributed by atoms with Gasteiger partial charge in [0.2, 0.25) is 0 Å². The van der Waals surface area contributed by atoms with Gasteiger partial charge in [0.15, 0.2) is 0 Å². The highest BCUT2D eigenvalue weighted by atomic mass is 15.1. The summed E-state index contributed by atoms with van der Waals surface area (Å²) in [4.78, 5) is 2.39. The molecule has 0 aliphatic heterocycles. The van der Waals surface area contributed by atoms with E-state index >= 15 is 0 Å². The lowest BCUT2D eigenvalue weighted by Crippen LogP contribution is -2.15. The topological polar surface area (TPSA) is 3.24 Å². The van der Waals surface area contributed by atoms with Crippen LogP contribution in [-0.2, 0) is 5.41 Å². The van der Waals surface area contributed by atoms with Crippen LogP contribution < -0.4 is 4.90 Å². The van der Waals surface area contributed by atoms with Gasteiger partial charge in [0.1, 0.15) is 0 Å². The van der Waals surface area contributed by atoms with Gasteiger partial charge in [-0.05, 0) is 113 Å². The van der Waals surface area contributed by atoms with E-state index in [1.807, 2.05) is 0 Å². The maximum absolute atomic E-state index is 2.39. The van der Waals surface area contributed by atoms with Crippen molar-refractivity contribution in [1.82, 2.24) is 0 Å². The molecule has 0 bridgehead atoms. The highest BCUT2D eigenvalue weighted by molar-refractivity contribution is 6.22. The Hall–Kier alpha value is -6.18. The molecule has 1 aliphatic rings. The van der Waals surface area contributed by atoms with Crippen LogP contribution >= 0.6 is 0 Å². The molecule has 0 heterocycles. The molecule has 50 heavy (non-hydrogen) atoms. The van der Waals surface area contributed by atoms with E-state index in [2.05, 4.69) is 195 Å². The molecule has 0 fully saturated rings. The Morgan fingerprint density at radius 1 is 0.380 bits per heavy atom. The maximum Gasteiger partial charge on any atom is 0.0468 e. The molecule has 10 rings (SSSR count). The second kappa shape index (κ2) is 10.9. The predicted octanol–water partition coefficient (Wildman–Crippen LogP) is 13.7. The Morgan fingerprint density at radius 3 is 1.80 bits per heavy atom. The van der Waals surface area contributed by atoms with Crippen LogP contribution in [0.25, 0.3) is 65.3 Å². The average Bonchev–Trinajstić information content (AvgIpc) is 3.41. The van der Waals surface area contributed by atoms with Crippen molar-refractivity contribution in [2.45, 2.75) is 19.3 Å². The lowest BCUT2D eigenvalue weighted by molar-refractivity contribution is 0.666. The van der Waals surface area contributed by atoms with Crippen molar-refractivity contribution < 1.29 is 0 Å². The zero-order valence-corrected chi connectivity index (χ0v) is 28.2. The first-order valence-electron chi connectivity index (χ1n) is 17.5. The molecular weight excluding hydrogens is 603 g/mol. The molecule has 9 aromatic rings. The molecule has 0 saturated carbocycles. The zero-order chi connectivity index (χ0) is 33.4. The van der Waals surface area contributed by atoms with E-state index in [0.717, 1.165) is 17.1 Å². The van der Waals surface area contributed by atoms with Crippen molar-refractivity contribution in [3.05, 3.63) is 187 Å². The maximum atomic E-state index is 2.39. The van der Waals surface area contributed by atoms with Gasteiger partial charge in [0.05, 0.1) is 0 Å². The molecule has 0 radical (unpaired) electrons. The number of hydrogen-bond acceptors (Lipinski definition) is 1. The molecule has 0 aromatic heterocycles. The van der Waals surface area contributed by atoms with Crippen LogP contribution in [0.1, 0.15) is 25.0 Å². The number of fused-ring (bicyclic) bond motifs is 10. The van der Waals surface area contributed by atoms with Crippen LogP contribution in [-0.4, -0.2) is 0 Å². The van der Waals surface area contributed by atoms with Crippen molar-refractivity contribution in [1.29, 1.82) is 0 Å². The first-order valence-corrected chi connectivity index (χ1v) is 17.5. The largest absolute Gasteiger partial charge is 0.310 e. The van der Waals surface area contributed by atoms with E-state index in [1.165, 1.54) is 76.5 Å². The molecule has 1 nitrogen and oxygen atoms in total. The van der Waals surface area contributed by atoms with Gasteiger partial charge in [-0.2, -0.15) is 0 Å². The summed E-state index contributed by atoms with van der Waals surface area (Å²) in [5.74, 6) is 0. The fourth-order valence-corrected chi connectivity index (χ4v) is 8.59.